The molecular weight excluding hydrogens is 204 g/mol. The SMILES string of the molecule is CCC(CC)NC(=O)C1(C#N)CCOCC1. The number of rotatable bonds is 4. The molecule has 0 radical (unpaired) electrons. The molecule has 0 saturated carbocycles. The lowest BCUT2D eigenvalue weighted by Crippen LogP contribution is -2.47. The smallest absolute Gasteiger partial charge is 0.240 e. The standard InChI is InChI=1S/C12H20N2O2/c1-3-10(4-2)14-11(15)12(9-13)5-7-16-8-6-12/h10H,3-8H2,1-2H3,(H,14,15). The lowest BCUT2D eigenvalue weighted by atomic mass is 9.80. The molecule has 0 unspecified atom stereocenters. The van der Waals surface area contributed by atoms with Crippen LogP contribution in [0.15, 0.2) is 0 Å². The summed E-state index contributed by atoms with van der Waals surface area (Å²) < 4.78 is 5.20. The minimum Gasteiger partial charge on any atom is -0.381 e. The number of hydrogen-bond acceptors (Lipinski definition) is 3. The Labute approximate surface area is 97.0 Å². The molecule has 1 aliphatic heterocycles. The van der Waals surface area contributed by atoms with Gasteiger partial charge in [-0.05, 0) is 25.7 Å². The van der Waals surface area contributed by atoms with Crippen LogP contribution in [0.5, 0.6) is 0 Å². The van der Waals surface area contributed by atoms with E-state index in [1.165, 1.54) is 0 Å². The molecule has 1 fully saturated rings. The zero-order chi connectivity index (χ0) is 12.0. The first-order chi connectivity index (χ1) is 7.68. The first kappa shape index (κ1) is 13.0. The maximum atomic E-state index is 12.1. The highest BCUT2D eigenvalue weighted by molar-refractivity contribution is 5.85. The molecule has 0 aromatic heterocycles. The molecule has 1 saturated heterocycles. The van der Waals surface area contributed by atoms with E-state index in [1.807, 2.05) is 13.8 Å². The summed E-state index contributed by atoms with van der Waals surface area (Å²) in [5.41, 5.74) is -0.860. The van der Waals surface area contributed by atoms with Crippen molar-refractivity contribution in [3.8, 4) is 6.07 Å². The monoisotopic (exact) mass is 224 g/mol. The number of nitrogens with zero attached hydrogens (tertiary/aromatic N) is 1. The summed E-state index contributed by atoms with van der Waals surface area (Å²) in [6.07, 6.45) is 2.82. The van der Waals surface area contributed by atoms with Crippen LogP contribution in [0.25, 0.3) is 0 Å². The Balaban J connectivity index is 2.65. The van der Waals surface area contributed by atoms with Crippen molar-refractivity contribution in [2.24, 2.45) is 5.41 Å². The van der Waals surface area contributed by atoms with Gasteiger partial charge in [-0.1, -0.05) is 13.8 Å². The highest BCUT2D eigenvalue weighted by atomic mass is 16.5. The average molecular weight is 224 g/mol. The second-order valence-electron chi connectivity index (χ2n) is 4.29. The Morgan fingerprint density at radius 1 is 1.44 bits per heavy atom. The van der Waals surface area contributed by atoms with Crippen molar-refractivity contribution in [2.45, 2.75) is 45.6 Å². The summed E-state index contributed by atoms with van der Waals surface area (Å²) in [7, 11) is 0. The number of nitrogens with one attached hydrogen (secondary N) is 1. The second-order valence-corrected chi connectivity index (χ2v) is 4.29. The molecule has 0 atom stereocenters. The van der Waals surface area contributed by atoms with E-state index in [4.69, 9.17) is 4.74 Å². The lowest BCUT2D eigenvalue weighted by molar-refractivity contribution is -0.133. The van der Waals surface area contributed by atoms with Gasteiger partial charge in [0.25, 0.3) is 0 Å². The van der Waals surface area contributed by atoms with Gasteiger partial charge in [0.05, 0.1) is 6.07 Å². The van der Waals surface area contributed by atoms with E-state index in [-0.39, 0.29) is 11.9 Å². The minimum atomic E-state index is -0.860. The molecular formula is C12H20N2O2. The van der Waals surface area contributed by atoms with Gasteiger partial charge in [-0.15, -0.1) is 0 Å². The third-order valence-corrected chi connectivity index (χ3v) is 3.32. The number of hydrogen-bond donors (Lipinski definition) is 1. The van der Waals surface area contributed by atoms with Gasteiger partial charge in [-0.2, -0.15) is 5.26 Å². The van der Waals surface area contributed by atoms with E-state index >= 15 is 0 Å². The fourth-order valence-electron chi connectivity index (χ4n) is 1.93. The quantitative estimate of drug-likeness (QED) is 0.789. The summed E-state index contributed by atoms with van der Waals surface area (Å²) in [5, 5.41) is 12.2. The van der Waals surface area contributed by atoms with Crippen LogP contribution >= 0.6 is 0 Å². The van der Waals surface area contributed by atoms with Crippen molar-refractivity contribution in [2.75, 3.05) is 13.2 Å². The first-order valence-electron chi connectivity index (χ1n) is 5.98. The third kappa shape index (κ3) is 2.73. The zero-order valence-electron chi connectivity index (χ0n) is 10.1. The number of nitriles is 1. The first-order valence-corrected chi connectivity index (χ1v) is 5.98. The molecule has 0 bridgehead atoms. The largest absolute Gasteiger partial charge is 0.381 e. The van der Waals surface area contributed by atoms with E-state index < -0.39 is 5.41 Å². The Morgan fingerprint density at radius 3 is 2.44 bits per heavy atom. The molecule has 1 N–H and O–H groups in total. The van der Waals surface area contributed by atoms with Crippen LogP contribution in [0, 0.1) is 16.7 Å². The van der Waals surface area contributed by atoms with Crippen LogP contribution in [0.3, 0.4) is 0 Å². The maximum Gasteiger partial charge on any atom is 0.240 e. The van der Waals surface area contributed by atoms with Crippen molar-refractivity contribution in [1.29, 1.82) is 5.26 Å². The summed E-state index contributed by atoms with van der Waals surface area (Å²) in [6.45, 7) is 5.09. The zero-order valence-corrected chi connectivity index (χ0v) is 10.1. The van der Waals surface area contributed by atoms with Gasteiger partial charge in [0.2, 0.25) is 5.91 Å². The fourth-order valence-corrected chi connectivity index (χ4v) is 1.93. The molecule has 90 valence electrons. The predicted octanol–water partition coefficient (Wildman–Crippen LogP) is 1.61. The van der Waals surface area contributed by atoms with Gasteiger partial charge < -0.3 is 10.1 Å². The number of ether oxygens (including phenoxy) is 1. The summed E-state index contributed by atoms with van der Waals surface area (Å²) >= 11 is 0. The summed E-state index contributed by atoms with van der Waals surface area (Å²) in [6, 6.07) is 2.36. The van der Waals surface area contributed by atoms with E-state index in [0.29, 0.717) is 26.1 Å². The van der Waals surface area contributed by atoms with Crippen LogP contribution in [0.4, 0.5) is 0 Å². The van der Waals surface area contributed by atoms with Gasteiger partial charge in [0.1, 0.15) is 5.41 Å². The minimum absolute atomic E-state index is 0.119. The van der Waals surface area contributed by atoms with Crippen LogP contribution < -0.4 is 5.32 Å². The van der Waals surface area contributed by atoms with Crippen LogP contribution in [-0.4, -0.2) is 25.2 Å². The fraction of sp³-hybridized carbons (Fsp3) is 0.833. The topological polar surface area (TPSA) is 62.1 Å². The predicted molar refractivity (Wildman–Crippen MR) is 60.6 cm³/mol. The molecule has 1 heterocycles. The van der Waals surface area contributed by atoms with E-state index in [2.05, 4.69) is 11.4 Å². The van der Waals surface area contributed by atoms with E-state index in [0.717, 1.165) is 12.8 Å². The molecule has 1 rings (SSSR count). The molecule has 0 aliphatic carbocycles. The number of carbonyl (C=O) groups excluding carboxylic acids is 1. The van der Waals surface area contributed by atoms with Crippen molar-refractivity contribution in [1.82, 2.24) is 5.32 Å². The normalized spacial score (nSPS) is 19.1. The highest BCUT2D eigenvalue weighted by Crippen LogP contribution is 2.30. The van der Waals surface area contributed by atoms with Crippen molar-refractivity contribution < 1.29 is 9.53 Å². The Morgan fingerprint density at radius 2 is 2.00 bits per heavy atom. The average Bonchev–Trinajstić information content (AvgIpc) is 2.36. The van der Waals surface area contributed by atoms with E-state index in [1.54, 1.807) is 0 Å². The van der Waals surface area contributed by atoms with Gasteiger partial charge in [0.15, 0.2) is 0 Å². The van der Waals surface area contributed by atoms with Crippen molar-refractivity contribution >= 4 is 5.91 Å². The van der Waals surface area contributed by atoms with Crippen LogP contribution in [-0.2, 0) is 9.53 Å². The third-order valence-electron chi connectivity index (χ3n) is 3.32. The Bertz CT molecular complexity index is 273. The highest BCUT2D eigenvalue weighted by Gasteiger charge is 2.40. The molecule has 1 aliphatic rings. The molecule has 0 aromatic rings. The Kier molecular flexibility index (Phi) is 4.75. The Hall–Kier alpha value is -1.08. The molecule has 4 nitrogen and oxygen atoms in total. The molecule has 1 amide bonds. The van der Waals surface area contributed by atoms with Crippen LogP contribution in [0.1, 0.15) is 39.5 Å². The van der Waals surface area contributed by atoms with Crippen molar-refractivity contribution in [3.63, 3.8) is 0 Å². The van der Waals surface area contributed by atoms with Gasteiger partial charge in [-0.3, -0.25) is 4.79 Å². The molecule has 0 aromatic carbocycles. The van der Waals surface area contributed by atoms with Gasteiger partial charge in [-0.25, -0.2) is 0 Å². The van der Waals surface area contributed by atoms with Gasteiger partial charge >= 0.3 is 0 Å². The summed E-state index contributed by atoms with van der Waals surface area (Å²) in [5.74, 6) is -0.119. The van der Waals surface area contributed by atoms with Gasteiger partial charge in [0, 0.05) is 19.3 Å². The molecule has 16 heavy (non-hydrogen) atoms. The maximum absolute atomic E-state index is 12.1. The summed E-state index contributed by atoms with van der Waals surface area (Å²) in [4.78, 5) is 12.1. The van der Waals surface area contributed by atoms with Crippen LogP contribution in [0.2, 0.25) is 0 Å². The second kappa shape index (κ2) is 5.86. The number of carbonyl (C=O) groups is 1. The molecule has 0 spiro atoms. The number of amides is 1. The van der Waals surface area contributed by atoms with Crippen molar-refractivity contribution in [3.05, 3.63) is 0 Å². The molecule has 4 heteroatoms. The lowest BCUT2D eigenvalue weighted by Gasteiger charge is -2.30. The van der Waals surface area contributed by atoms with E-state index in [9.17, 15) is 10.1 Å².